The van der Waals surface area contributed by atoms with E-state index in [1.165, 1.54) is 6.42 Å². The summed E-state index contributed by atoms with van der Waals surface area (Å²) in [6.45, 7) is 1.63. The van der Waals surface area contributed by atoms with Crippen molar-refractivity contribution in [2.24, 2.45) is 0 Å². The van der Waals surface area contributed by atoms with E-state index in [2.05, 4.69) is 16.0 Å². The van der Waals surface area contributed by atoms with Crippen LogP contribution in [0, 0.1) is 0 Å². The number of halogens is 1. The first-order chi connectivity index (χ1) is 12.9. The van der Waals surface area contributed by atoms with Crippen molar-refractivity contribution in [3.8, 4) is 0 Å². The number of urea groups is 1. The summed E-state index contributed by atoms with van der Waals surface area (Å²) in [6, 6.07) is 5.93. The molecule has 27 heavy (non-hydrogen) atoms. The minimum Gasteiger partial charge on any atom is -0.335 e. The Morgan fingerprint density at radius 2 is 1.85 bits per heavy atom. The Labute approximate surface area is 164 Å². The fourth-order valence-electron chi connectivity index (χ4n) is 3.00. The normalized spacial score (nSPS) is 15.9. The van der Waals surface area contributed by atoms with Crippen LogP contribution in [-0.2, 0) is 9.59 Å². The third kappa shape index (κ3) is 6.84. The molecular weight excluding hydrogens is 368 g/mol. The summed E-state index contributed by atoms with van der Waals surface area (Å²) in [5.74, 6) is -0.742. The van der Waals surface area contributed by atoms with Gasteiger partial charge in [0.15, 0.2) is 0 Å². The minimum absolute atomic E-state index is 0.00987. The highest BCUT2D eigenvalue weighted by molar-refractivity contribution is 6.33. The van der Waals surface area contributed by atoms with Gasteiger partial charge in [-0.2, -0.15) is 0 Å². The van der Waals surface area contributed by atoms with Crippen molar-refractivity contribution in [2.45, 2.75) is 51.1 Å². The van der Waals surface area contributed by atoms with Gasteiger partial charge in [0, 0.05) is 6.04 Å². The molecule has 1 saturated carbocycles. The second-order valence-corrected chi connectivity index (χ2v) is 7.32. The summed E-state index contributed by atoms with van der Waals surface area (Å²) in [6.07, 6.45) is 5.27. The van der Waals surface area contributed by atoms with Crippen molar-refractivity contribution < 1.29 is 14.4 Å². The zero-order valence-electron chi connectivity index (χ0n) is 15.8. The Kier molecular flexibility index (Phi) is 8.06. The molecule has 0 unspecified atom stereocenters. The van der Waals surface area contributed by atoms with Crippen LogP contribution in [0.25, 0.3) is 0 Å². The molecule has 0 spiro atoms. The van der Waals surface area contributed by atoms with Crippen LogP contribution in [-0.4, -0.2) is 48.4 Å². The number of benzene rings is 1. The molecule has 1 fully saturated rings. The van der Waals surface area contributed by atoms with Crippen LogP contribution in [0.15, 0.2) is 24.3 Å². The smallest absolute Gasteiger partial charge is 0.321 e. The molecule has 1 aliphatic rings. The molecule has 1 aromatic carbocycles. The molecule has 1 atom stereocenters. The molecule has 0 saturated heterocycles. The predicted molar refractivity (Wildman–Crippen MR) is 106 cm³/mol. The number of likely N-dealkylation sites (N-methyl/N-ethyl adjacent to an activating group) is 1. The number of hydrogen-bond donors (Lipinski definition) is 3. The first kappa shape index (κ1) is 21.2. The highest BCUT2D eigenvalue weighted by atomic mass is 35.5. The third-order valence-corrected chi connectivity index (χ3v) is 5.09. The van der Waals surface area contributed by atoms with Gasteiger partial charge >= 0.3 is 6.03 Å². The lowest BCUT2D eigenvalue weighted by Gasteiger charge is -2.25. The monoisotopic (exact) mass is 394 g/mol. The first-order valence-electron chi connectivity index (χ1n) is 9.23. The lowest BCUT2D eigenvalue weighted by atomic mass is 9.96. The number of para-hydroxylation sites is 1. The van der Waals surface area contributed by atoms with Gasteiger partial charge in [-0.05, 0) is 38.9 Å². The Hall–Kier alpha value is -2.12. The topological polar surface area (TPSA) is 90.5 Å². The van der Waals surface area contributed by atoms with Crippen LogP contribution in [0.3, 0.4) is 0 Å². The zero-order valence-corrected chi connectivity index (χ0v) is 16.5. The average molecular weight is 395 g/mol. The van der Waals surface area contributed by atoms with Crippen LogP contribution in [0.4, 0.5) is 10.5 Å². The largest absolute Gasteiger partial charge is 0.335 e. The van der Waals surface area contributed by atoms with Gasteiger partial charge < -0.3 is 10.6 Å². The predicted octanol–water partition coefficient (Wildman–Crippen LogP) is 2.76. The number of carbonyl (C=O) groups is 3. The summed E-state index contributed by atoms with van der Waals surface area (Å²) in [5.41, 5.74) is 0.515. The third-order valence-electron chi connectivity index (χ3n) is 4.76. The van der Waals surface area contributed by atoms with E-state index in [0.29, 0.717) is 10.7 Å². The quantitative estimate of drug-likeness (QED) is 0.692. The van der Waals surface area contributed by atoms with Gasteiger partial charge in [-0.25, -0.2) is 4.79 Å². The van der Waals surface area contributed by atoms with Crippen molar-refractivity contribution in [1.29, 1.82) is 0 Å². The van der Waals surface area contributed by atoms with Gasteiger partial charge in [0.05, 0.1) is 23.3 Å². The molecule has 8 heteroatoms. The van der Waals surface area contributed by atoms with Crippen molar-refractivity contribution in [3.63, 3.8) is 0 Å². The van der Waals surface area contributed by atoms with E-state index >= 15 is 0 Å². The SMILES string of the molecule is C[C@@H](C(=O)NC(=O)NC1CCCCC1)N(C)CC(=O)Nc1ccccc1Cl. The van der Waals surface area contributed by atoms with E-state index in [9.17, 15) is 14.4 Å². The molecule has 0 aromatic heterocycles. The Morgan fingerprint density at radius 3 is 2.52 bits per heavy atom. The maximum Gasteiger partial charge on any atom is 0.321 e. The van der Waals surface area contributed by atoms with E-state index in [1.807, 2.05) is 0 Å². The second kappa shape index (κ2) is 10.3. The molecule has 7 nitrogen and oxygen atoms in total. The minimum atomic E-state index is -0.640. The Morgan fingerprint density at radius 1 is 1.19 bits per heavy atom. The number of imide groups is 1. The molecule has 3 N–H and O–H groups in total. The summed E-state index contributed by atoms with van der Waals surface area (Å²) < 4.78 is 0. The van der Waals surface area contributed by atoms with Crippen LogP contribution in [0.5, 0.6) is 0 Å². The van der Waals surface area contributed by atoms with Gasteiger partial charge in [-0.15, -0.1) is 0 Å². The summed E-state index contributed by atoms with van der Waals surface area (Å²) in [5, 5.41) is 8.35. The number of hydrogen-bond acceptors (Lipinski definition) is 4. The lowest BCUT2D eigenvalue weighted by molar-refractivity contribution is -0.125. The molecule has 148 valence electrons. The maximum absolute atomic E-state index is 12.3. The average Bonchev–Trinajstić information content (AvgIpc) is 2.63. The van der Waals surface area contributed by atoms with E-state index in [-0.39, 0.29) is 18.5 Å². The van der Waals surface area contributed by atoms with E-state index in [4.69, 9.17) is 11.6 Å². The van der Waals surface area contributed by atoms with Crippen molar-refractivity contribution in [2.75, 3.05) is 18.9 Å². The molecule has 1 aliphatic carbocycles. The van der Waals surface area contributed by atoms with Crippen molar-refractivity contribution in [3.05, 3.63) is 29.3 Å². The number of nitrogens with zero attached hydrogens (tertiary/aromatic N) is 1. The van der Waals surface area contributed by atoms with E-state index < -0.39 is 18.0 Å². The standard InChI is InChI=1S/C19H27ClN4O3/c1-13(18(26)23-19(27)21-14-8-4-3-5-9-14)24(2)12-17(25)22-16-11-7-6-10-15(16)20/h6-7,10-11,13-14H,3-5,8-9,12H2,1-2H3,(H,22,25)(H2,21,23,26,27)/t13-/m0/s1. The Bertz CT molecular complexity index is 677. The van der Waals surface area contributed by atoms with Gasteiger partial charge in [-0.1, -0.05) is 43.0 Å². The van der Waals surface area contributed by atoms with Gasteiger partial charge in [-0.3, -0.25) is 19.8 Å². The molecule has 4 amide bonds. The van der Waals surface area contributed by atoms with Crippen LogP contribution in [0.1, 0.15) is 39.0 Å². The molecule has 1 aromatic rings. The number of nitrogens with one attached hydrogen (secondary N) is 3. The lowest BCUT2D eigenvalue weighted by Crippen LogP contribution is -2.51. The van der Waals surface area contributed by atoms with Crippen LogP contribution < -0.4 is 16.0 Å². The molecule has 0 radical (unpaired) electrons. The van der Waals surface area contributed by atoms with Gasteiger partial charge in [0.2, 0.25) is 11.8 Å². The molecule has 0 bridgehead atoms. The highest BCUT2D eigenvalue weighted by Crippen LogP contribution is 2.20. The fourth-order valence-corrected chi connectivity index (χ4v) is 3.18. The fraction of sp³-hybridized carbons (Fsp3) is 0.526. The molecule has 0 aliphatic heterocycles. The molecule has 0 heterocycles. The van der Waals surface area contributed by atoms with Crippen molar-refractivity contribution >= 4 is 35.1 Å². The number of rotatable bonds is 6. The number of carbonyl (C=O) groups excluding carboxylic acids is 3. The number of amides is 4. The van der Waals surface area contributed by atoms with Crippen LogP contribution >= 0.6 is 11.6 Å². The second-order valence-electron chi connectivity index (χ2n) is 6.92. The first-order valence-corrected chi connectivity index (χ1v) is 9.60. The molecule has 2 rings (SSSR count). The summed E-state index contributed by atoms with van der Waals surface area (Å²) in [7, 11) is 1.65. The van der Waals surface area contributed by atoms with Crippen molar-refractivity contribution in [1.82, 2.24) is 15.5 Å². The van der Waals surface area contributed by atoms with Crippen LogP contribution in [0.2, 0.25) is 5.02 Å². The van der Waals surface area contributed by atoms with E-state index in [1.54, 1.807) is 43.1 Å². The van der Waals surface area contributed by atoms with Gasteiger partial charge in [0.1, 0.15) is 0 Å². The highest BCUT2D eigenvalue weighted by Gasteiger charge is 2.23. The summed E-state index contributed by atoms with van der Waals surface area (Å²) >= 11 is 6.02. The molecular formula is C19H27ClN4O3. The summed E-state index contributed by atoms with van der Waals surface area (Å²) in [4.78, 5) is 38.0. The maximum atomic E-state index is 12.3. The van der Waals surface area contributed by atoms with Gasteiger partial charge in [0.25, 0.3) is 0 Å². The number of anilines is 1. The zero-order chi connectivity index (χ0) is 19.8. The van der Waals surface area contributed by atoms with E-state index in [0.717, 1.165) is 25.7 Å². The Balaban J connectivity index is 1.78.